The average molecular weight is 337 g/mol. The van der Waals surface area contributed by atoms with E-state index < -0.39 is 0 Å². The standard InChI is InChI=1S/C25H23N/c1-18-14-16-23(17-15-18)26-19(2)24(21-10-6-4-7-11-21)25(20(26)3)22-12-8-5-9-13-22/h4-17H,1-3H3. The van der Waals surface area contributed by atoms with Crippen LogP contribution in [0.25, 0.3) is 27.9 Å². The van der Waals surface area contributed by atoms with E-state index in [1.165, 1.54) is 44.9 Å². The predicted octanol–water partition coefficient (Wildman–Crippen LogP) is 6.74. The Morgan fingerprint density at radius 2 is 0.923 bits per heavy atom. The van der Waals surface area contributed by atoms with E-state index >= 15 is 0 Å². The van der Waals surface area contributed by atoms with E-state index in [1.807, 2.05) is 0 Å². The summed E-state index contributed by atoms with van der Waals surface area (Å²) in [7, 11) is 0. The van der Waals surface area contributed by atoms with Gasteiger partial charge in [0.05, 0.1) is 0 Å². The molecule has 0 saturated heterocycles. The second kappa shape index (κ2) is 6.68. The van der Waals surface area contributed by atoms with Gasteiger partial charge in [0.15, 0.2) is 0 Å². The van der Waals surface area contributed by atoms with E-state index in [0.29, 0.717) is 0 Å². The number of aromatic nitrogens is 1. The summed E-state index contributed by atoms with van der Waals surface area (Å²) < 4.78 is 2.38. The lowest BCUT2D eigenvalue weighted by Crippen LogP contribution is -1.99. The molecule has 0 saturated carbocycles. The van der Waals surface area contributed by atoms with Crippen molar-refractivity contribution in [3.63, 3.8) is 0 Å². The van der Waals surface area contributed by atoms with Crippen LogP contribution >= 0.6 is 0 Å². The molecule has 1 aromatic heterocycles. The van der Waals surface area contributed by atoms with Crippen molar-refractivity contribution in [1.29, 1.82) is 0 Å². The molecule has 0 radical (unpaired) electrons. The van der Waals surface area contributed by atoms with E-state index in [1.54, 1.807) is 0 Å². The molecule has 0 amide bonds. The van der Waals surface area contributed by atoms with Crippen molar-refractivity contribution in [2.75, 3.05) is 0 Å². The first kappa shape index (κ1) is 16.4. The van der Waals surface area contributed by atoms with Crippen molar-refractivity contribution in [1.82, 2.24) is 4.57 Å². The second-order valence-electron chi connectivity index (χ2n) is 6.82. The minimum Gasteiger partial charge on any atom is -0.317 e. The summed E-state index contributed by atoms with van der Waals surface area (Å²) in [4.78, 5) is 0. The Morgan fingerprint density at radius 1 is 0.500 bits per heavy atom. The third kappa shape index (κ3) is 2.76. The molecule has 0 aliphatic carbocycles. The van der Waals surface area contributed by atoms with E-state index in [-0.39, 0.29) is 0 Å². The van der Waals surface area contributed by atoms with Crippen molar-refractivity contribution in [3.8, 4) is 27.9 Å². The zero-order valence-corrected chi connectivity index (χ0v) is 15.5. The van der Waals surface area contributed by atoms with Crippen molar-refractivity contribution < 1.29 is 0 Å². The zero-order valence-electron chi connectivity index (χ0n) is 15.5. The molecular weight excluding hydrogens is 314 g/mol. The normalized spacial score (nSPS) is 10.9. The minimum atomic E-state index is 1.21. The molecule has 3 aromatic carbocycles. The molecule has 0 atom stereocenters. The van der Waals surface area contributed by atoms with Crippen LogP contribution in [0.1, 0.15) is 17.0 Å². The van der Waals surface area contributed by atoms with Gasteiger partial charge in [-0.05, 0) is 44.0 Å². The molecule has 0 N–H and O–H groups in total. The highest BCUT2D eigenvalue weighted by atomic mass is 15.0. The molecule has 4 aromatic rings. The molecule has 128 valence electrons. The highest BCUT2D eigenvalue weighted by Crippen LogP contribution is 2.40. The first-order valence-electron chi connectivity index (χ1n) is 9.06. The van der Waals surface area contributed by atoms with Gasteiger partial charge in [-0.15, -0.1) is 0 Å². The Kier molecular flexibility index (Phi) is 4.22. The van der Waals surface area contributed by atoms with Gasteiger partial charge in [-0.25, -0.2) is 0 Å². The summed E-state index contributed by atoms with van der Waals surface area (Å²) >= 11 is 0. The van der Waals surface area contributed by atoms with Crippen LogP contribution in [0.15, 0.2) is 84.9 Å². The zero-order chi connectivity index (χ0) is 18.1. The first-order chi connectivity index (χ1) is 12.7. The molecule has 1 heteroatoms. The van der Waals surface area contributed by atoms with E-state index in [9.17, 15) is 0 Å². The minimum absolute atomic E-state index is 1.21. The molecule has 0 fully saturated rings. The van der Waals surface area contributed by atoms with Crippen LogP contribution in [0.2, 0.25) is 0 Å². The van der Waals surface area contributed by atoms with Gasteiger partial charge in [0.1, 0.15) is 0 Å². The average Bonchev–Trinajstić information content (AvgIpc) is 2.94. The number of hydrogen-bond acceptors (Lipinski definition) is 0. The lowest BCUT2D eigenvalue weighted by atomic mass is 9.95. The molecule has 0 aliphatic rings. The second-order valence-corrected chi connectivity index (χ2v) is 6.82. The molecule has 0 unspecified atom stereocenters. The molecular formula is C25H23N. The van der Waals surface area contributed by atoms with E-state index in [4.69, 9.17) is 0 Å². The summed E-state index contributed by atoms with van der Waals surface area (Å²) in [5.74, 6) is 0. The Morgan fingerprint density at radius 3 is 1.35 bits per heavy atom. The molecule has 1 heterocycles. The molecule has 1 nitrogen and oxygen atoms in total. The van der Waals surface area contributed by atoms with Crippen LogP contribution < -0.4 is 0 Å². The van der Waals surface area contributed by atoms with Gasteiger partial charge in [0.25, 0.3) is 0 Å². The SMILES string of the molecule is Cc1ccc(-n2c(C)c(-c3ccccc3)c(-c3ccccc3)c2C)cc1. The fourth-order valence-corrected chi connectivity index (χ4v) is 3.83. The fraction of sp³-hybridized carbons (Fsp3) is 0.120. The number of aryl methyl sites for hydroxylation is 1. The van der Waals surface area contributed by atoms with Gasteiger partial charge in [-0.1, -0.05) is 78.4 Å². The number of nitrogens with zero attached hydrogens (tertiary/aromatic N) is 1. The van der Waals surface area contributed by atoms with Gasteiger partial charge < -0.3 is 4.57 Å². The lowest BCUT2D eigenvalue weighted by molar-refractivity contribution is 0.966. The maximum Gasteiger partial charge on any atom is 0.0455 e. The third-order valence-electron chi connectivity index (χ3n) is 5.06. The van der Waals surface area contributed by atoms with Gasteiger partial charge >= 0.3 is 0 Å². The van der Waals surface area contributed by atoms with Crippen LogP contribution in [0, 0.1) is 20.8 Å². The van der Waals surface area contributed by atoms with Crippen molar-refractivity contribution in [2.45, 2.75) is 20.8 Å². The largest absolute Gasteiger partial charge is 0.317 e. The summed E-state index contributed by atoms with van der Waals surface area (Å²) in [5, 5.41) is 0. The monoisotopic (exact) mass is 337 g/mol. The van der Waals surface area contributed by atoms with Crippen molar-refractivity contribution in [2.24, 2.45) is 0 Å². The highest BCUT2D eigenvalue weighted by molar-refractivity contribution is 5.88. The molecule has 4 rings (SSSR count). The third-order valence-corrected chi connectivity index (χ3v) is 5.06. The van der Waals surface area contributed by atoms with Gasteiger partial charge in [-0.2, -0.15) is 0 Å². The molecule has 0 spiro atoms. The fourth-order valence-electron chi connectivity index (χ4n) is 3.83. The molecule has 26 heavy (non-hydrogen) atoms. The summed E-state index contributed by atoms with van der Waals surface area (Å²) in [6.45, 7) is 6.58. The van der Waals surface area contributed by atoms with Crippen molar-refractivity contribution >= 4 is 0 Å². The smallest absolute Gasteiger partial charge is 0.0455 e. The summed E-state index contributed by atoms with van der Waals surface area (Å²) in [6, 6.07) is 30.2. The Hall–Kier alpha value is -3.06. The van der Waals surface area contributed by atoms with Crippen LogP contribution in [0.4, 0.5) is 0 Å². The van der Waals surface area contributed by atoms with Gasteiger partial charge in [0, 0.05) is 28.2 Å². The number of rotatable bonds is 3. The maximum atomic E-state index is 2.38. The molecule has 0 aliphatic heterocycles. The Balaban J connectivity index is 2.04. The van der Waals surface area contributed by atoms with Crippen molar-refractivity contribution in [3.05, 3.63) is 102 Å². The lowest BCUT2D eigenvalue weighted by Gasteiger charge is -2.10. The van der Waals surface area contributed by atoms with Crippen LogP contribution in [-0.4, -0.2) is 4.57 Å². The highest BCUT2D eigenvalue weighted by Gasteiger charge is 2.20. The van der Waals surface area contributed by atoms with Crippen LogP contribution in [0.3, 0.4) is 0 Å². The van der Waals surface area contributed by atoms with Crippen LogP contribution in [-0.2, 0) is 0 Å². The van der Waals surface area contributed by atoms with Gasteiger partial charge in [0.2, 0.25) is 0 Å². The molecule has 0 bridgehead atoms. The Bertz CT molecular complexity index is 960. The number of benzene rings is 3. The van der Waals surface area contributed by atoms with E-state index in [0.717, 1.165) is 0 Å². The summed E-state index contributed by atoms with van der Waals surface area (Å²) in [6.07, 6.45) is 0. The predicted molar refractivity (Wildman–Crippen MR) is 111 cm³/mol. The van der Waals surface area contributed by atoms with E-state index in [2.05, 4.69) is 110 Å². The Labute approximate surface area is 155 Å². The van der Waals surface area contributed by atoms with Gasteiger partial charge in [-0.3, -0.25) is 0 Å². The number of hydrogen-bond donors (Lipinski definition) is 0. The summed E-state index contributed by atoms with van der Waals surface area (Å²) in [5.41, 5.74) is 10.2. The van der Waals surface area contributed by atoms with Crippen LogP contribution in [0.5, 0.6) is 0 Å². The maximum absolute atomic E-state index is 2.38. The quantitative estimate of drug-likeness (QED) is 0.390. The topological polar surface area (TPSA) is 4.93 Å². The first-order valence-corrected chi connectivity index (χ1v) is 9.06.